The number of hydrogen-bond acceptors (Lipinski definition) is 5. The van der Waals surface area contributed by atoms with Crippen LogP contribution in [0.4, 0.5) is 5.69 Å². The summed E-state index contributed by atoms with van der Waals surface area (Å²) in [6.45, 7) is 7.36. The SMILES string of the molecule is CC(C)n1ncc2c(N3CCOCC3)cc(-c3cccc(O)c3)nc21. The number of benzene rings is 1. The smallest absolute Gasteiger partial charge is 0.160 e. The Morgan fingerprint density at radius 3 is 2.68 bits per heavy atom. The van der Waals surface area contributed by atoms with E-state index in [1.807, 2.05) is 23.0 Å². The van der Waals surface area contributed by atoms with Crippen LogP contribution in [0.2, 0.25) is 0 Å². The molecule has 0 radical (unpaired) electrons. The lowest BCUT2D eigenvalue weighted by Gasteiger charge is -2.29. The molecule has 4 rings (SSSR count). The third-order valence-electron chi connectivity index (χ3n) is 4.53. The Hall–Kier alpha value is -2.60. The summed E-state index contributed by atoms with van der Waals surface area (Å²) in [6, 6.07) is 9.53. The predicted octanol–water partition coefficient (Wildman–Crippen LogP) is 3.22. The van der Waals surface area contributed by atoms with Gasteiger partial charge in [0, 0.05) is 24.7 Å². The molecule has 1 aliphatic rings. The Bertz CT molecular complexity index is 898. The van der Waals surface area contributed by atoms with Gasteiger partial charge in [-0.05, 0) is 32.0 Å². The van der Waals surface area contributed by atoms with Gasteiger partial charge < -0.3 is 14.7 Å². The van der Waals surface area contributed by atoms with Crippen molar-refractivity contribution < 1.29 is 9.84 Å². The first-order valence-corrected chi connectivity index (χ1v) is 8.64. The predicted molar refractivity (Wildman–Crippen MR) is 98.0 cm³/mol. The summed E-state index contributed by atoms with van der Waals surface area (Å²) >= 11 is 0. The minimum Gasteiger partial charge on any atom is -0.508 e. The van der Waals surface area contributed by atoms with Crippen LogP contribution >= 0.6 is 0 Å². The lowest BCUT2D eigenvalue weighted by atomic mass is 10.1. The average Bonchev–Trinajstić information content (AvgIpc) is 3.06. The van der Waals surface area contributed by atoms with Crippen LogP contribution in [0.3, 0.4) is 0 Å². The fraction of sp³-hybridized carbons (Fsp3) is 0.368. The molecule has 6 heteroatoms. The highest BCUT2D eigenvalue weighted by molar-refractivity contribution is 5.92. The number of anilines is 1. The van der Waals surface area contributed by atoms with Gasteiger partial charge in [0.2, 0.25) is 0 Å². The minimum absolute atomic E-state index is 0.224. The molecule has 0 spiro atoms. The van der Waals surface area contributed by atoms with Gasteiger partial charge >= 0.3 is 0 Å². The number of nitrogens with zero attached hydrogens (tertiary/aromatic N) is 4. The van der Waals surface area contributed by atoms with Crippen LogP contribution in [0.1, 0.15) is 19.9 Å². The Morgan fingerprint density at radius 1 is 1.16 bits per heavy atom. The van der Waals surface area contributed by atoms with Gasteiger partial charge in [0.25, 0.3) is 0 Å². The van der Waals surface area contributed by atoms with Crippen LogP contribution in [-0.2, 0) is 4.74 Å². The largest absolute Gasteiger partial charge is 0.508 e. The van der Waals surface area contributed by atoms with Crippen molar-refractivity contribution in [3.8, 4) is 17.0 Å². The first-order valence-electron chi connectivity index (χ1n) is 8.64. The highest BCUT2D eigenvalue weighted by atomic mass is 16.5. The quantitative estimate of drug-likeness (QED) is 0.794. The summed E-state index contributed by atoms with van der Waals surface area (Å²) in [5.74, 6) is 0.240. The van der Waals surface area contributed by atoms with Gasteiger partial charge in [0.15, 0.2) is 5.65 Å². The molecule has 1 fully saturated rings. The number of pyridine rings is 1. The maximum Gasteiger partial charge on any atom is 0.160 e. The average molecular weight is 338 g/mol. The van der Waals surface area contributed by atoms with Crippen LogP contribution in [0.15, 0.2) is 36.5 Å². The second-order valence-corrected chi connectivity index (χ2v) is 6.60. The van der Waals surface area contributed by atoms with Gasteiger partial charge in [0.05, 0.1) is 36.2 Å². The van der Waals surface area contributed by atoms with Crippen LogP contribution < -0.4 is 4.90 Å². The summed E-state index contributed by atoms with van der Waals surface area (Å²) in [4.78, 5) is 7.18. The molecule has 1 aromatic carbocycles. The number of ether oxygens (including phenoxy) is 1. The van der Waals surface area contributed by atoms with Crippen molar-refractivity contribution in [2.45, 2.75) is 19.9 Å². The van der Waals surface area contributed by atoms with Crippen molar-refractivity contribution in [2.75, 3.05) is 31.2 Å². The zero-order chi connectivity index (χ0) is 17.4. The monoisotopic (exact) mass is 338 g/mol. The van der Waals surface area contributed by atoms with Gasteiger partial charge in [-0.3, -0.25) is 0 Å². The number of aromatic nitrogens is 3. The highest BCUT2D eigenvalue weighted by Gasteiger charge is 2.19. The van der Waals surface area contributed by atoms with E-state index in [1.165, 1.54) is 0 Å². The molecule has 0 atom stereocenters. The van der Waals surface area contributed by atoms with Crippen molar-refractivity contribution in [1.82, 2.24) is 14.8 Å². The van der Waals surface area contributed by atoms with Crippen LogP contribution in [0.5, 0.6) is 5.75 Å². The summed E-state index contributed by atoms with van der Waals surface area (Å²) in [5, 5.41) is 15.4. The maximum atomic E-state index is 9.84. The Morgan fingerprint density at radius 2 is 1.96 bits per heavy atom. The van der Waals surface area contributed by atoms with E-state index in [0.29, 0.717) is 0 Å². The zero-order valence-electron chi connectivity index (χ0n) is 14.5. The molecule has 0 amide bonds. The van der Waals surface area contributed by atoms with Crippen molar-refractivity contribution in [3.05, 3.63) is 36.5 Å². The number of hydrogen-bond donors (Lipinski definition) is 1. The minimum atomic E-state index is 0.224. The molecule has 0 unspecified atom stereocenters. The van der Waals surface area contributed by atoms with Gasteiger partial charge in [0.1, 0.15) is 5.75 Å². The highest BCUT2D eigenvalue weighted by Crippen LogP contribution is 2.33. The summed E-state index contributed by atoms with van der Waals surface area (Å²) in [6.07, 6.45) is 1.90. The fourth-order valence-corrected chi connectivity index (χ4v) is 3.26. The molecule has 1 saturated heterocycles. The van der Waals surface area contributed by atoms with Crippen LogP contribution in [0, 0.1) is 0 Å². The molecule has 130 valence electrons. The molecule has 3 heterocycles. The Labute approximate surface area is 146 Å². The zero-order valence-corrected chi connectivity index (χ0v) is 14.5. The van der Waals surface area contributed by atoms with Gasteiger partial charge in [-0.25, -0.2) is 9.67 Å². The number of morpholine rings is 1. The number of rotatable bonds is 3. The molecule has 1 aliphatic heterocycles. The molecule has 6 nitrogen and oxygen atoms in total. The lowest BCUT2D eigenvalue weighted by molar-refractivity contribution is 0.123. The molecule has 25 heavy (non-hydrogen) atoms. The third-order valence-corrected chi connectivity index (χ3v) is 4.53. The molecular weight excluding hydrogens is 316 g/mol. The van der Waals surface area contributed by atoms with E-state index in [0.717, 1.165) is 54.3 Å². The molecule has 0 saturated carbocycles. The number of aromatic hydroxyl groups is 1. The summed E-state index contributed by atoms with van der Waals surface area (Å²) < 4.78 is 7.45. The van der Waals surface area contributed by atoms with Crippen LogP contribution in [0.25, 0.3) is 22.3 Å². The first kappa shape index (κ1) is 15.9. The normalized spacial score (nSPS) is 15.2. The molecule has 1 N–H and O–H groups in total. The maximum absolute atomic E-state index is 9.84. The lowest BCUT2D eigenvalue weighted by Crippen LogP contribution is -2.36. The van der Waals surface area contributed by atoms with E-state index in [-0.39, 0.29) is 11.8 Å². The number of phenols is 1. The van der Waals surface area contributed by atoms with E-state index in [2.05, 4.69) is 29.9 Å². The number of phenolic OH excluding ortho intramolecular Hbond substituents is 1. The van der Waals surface area contributed by atoms with E-state index in [1.54, 1.807) is 12.1 Å². The van der Waals surface area contributed by atoms with E-state index in [4.69, 9.17) is 9.72 Å². The molecule has 3 aromatic rings. The molecule has 0 bridgehead atoms. The standard InChI is InChI=1S/C19H22N4O2/c1-13(2)23-19-16(12-20-23)18(22-6-8-25-9-7-22)11-17(21-19)14-4-3-5-15(24)10-14/h3-5,10-13,24H,6-9H2,1-2H3. The van der Waals surface area contributed by atoms with Gasteiger partial charge in [-0.2, -0.15) is 5.10 Å². The van der Waals surface area contributed by atoms with Crippen molar-refractivity contribution in [3.63, 3.8) is 0 Å². The van der Waals surface area contributed by atoms with Crippen molar-refractivity contribution in [2.24, 2.45) is 0 Å². The van der Waals surface area contributed by atoms with E-state index in [9.17, 15) is 5.11 Å². The molecule has 2 aromatic heterocycles. The van der Waals surface area contributed by atoms with Crippen molar-refractivity contribution >= 4 is 16.7 Å². The Kier molecular flexibility index (Phi) is 4.05. The van der Waals surface area contributed by atoms with E-state index < -0.39 is 0 Å². The summed E-state index contributed by atoms with van der Waals surface area (Å²) in [7, 11) is 0. The molecular formula is C19H22N4O2. The van der Waals surface area contributed by atoms with Crippen molar-refractivity contribution in [1.29, 1.82) is 0 Å². The molecule has 0 aliphatic carbocycles. The van der Waals surface area contributed by atoms with Gasteiger partial charge in [-0.1, -0.05) is 12.1 Å². The third kappa shape index (κ3) is 2.93. The van der Waals surface area contributed by atoms with Gasteiger partial charge in [-0.15, -0.1) is 0 Å². The number of fused-ring (bicyclic) bond motifs is 1. The summed E-state index contributed by atoms with van der Waals surface area (Å²) in [5.41, 5.74) is 3.73. The second kappa shape index (κ2) is 6.37. The first-order chi connectivity index (χ1) is 12.1. The van der Waals surface area contributed by atoms with Crippen LogP contribution in [-0.4, -0.2) is 46.2 Å². The van der Waals surface area contributed by atoms with E-state index >= 15 is 0 Å². The topological polar surface area (TPSA) is 63.4 Å². The Balaban J connectivity index is 1.92. The fourth-order valence-electron chi connectivity index (χ4n) is 3.26. The second-order valence-electron chi connectivity index (χ2n) is 6.60.